The van der Waals surface area contributed by atoms with Crippen molar-refractivity contribution >= 4 is 16.1 Å². The third-order valence-electron chi connectivity index (χ3n) is 2.58. The number of sulfonamides is 1. The summed E-state index contributed by atoms with van der Waals surface area (Å²) in [7, 11) is -3.97. The molecule has 0 spiro atoms. The molecule has 0 atom stereocenters. The first-order valence-corrected chi connectivity index (χ1v) is 6.50. The van der Waals surface area contributed by atoms with Gasteiger partial charge in [-0.25, -0.2) is 13.2 Å². The van der Waals surface area contributed by atoms with Crippen LogP contribution in [-0.2, 0) is 10.0 Å². The maximum Gasteiger partial charge on any atom is 0.421 e. The third kappa shape index (κ3) is 2.11. The van der Waals surface area contributed by atoms with Gasteiger partial charge in [0.15, 0.2) is 0 Å². The van der Waals surface area contributed by atoms with Crippen molar-refractivity contribution in [2.24, 2.45) is 0 Å². The van der Waals surface area contributed by atoms with Crippen molar-refractivity contribution in [2.75, 3.05) is 13.1 Å². The van der Waals surface area contributed by atoms with Crippen LogP contribution in [-0.4, -0.2) is 43.1 Å². The highest BCUT2D eigenvalue weighted by Crippen LogP contribution is 2.19. The second kappa shape index (κ2) is 4.34. The van der Waals surface area contributed by atoms with Gasteiger partial charge in [-0.15, -0.1) is 0 Å². The number of rotatable bonds is 3. The first-order valence-electron chi connectivity index (χ1n) is 5.06. The van der Waals surface area contributed by atoms with Crippen LogP contribution in [0.1, 0.15) is 0 Å². The van der Waals surface area contributed by atoms with E-state index in [0.29, 0.717) is 17.4 Å². The molecule has 0 aliphatic carbocycles. The molecule has 6 nitrogen and oxygen atoms in total. The zero-order valence-corrected chi connectivity index (χ0v) is 9.72. The minimum atomic E-state index is -3.97. The van der Waals surface area contributed by atoms with Crippen LogP contribution in [0.5, 0.6) is 0 Å². The molecule has 0 radical (unpaired) electrons. The molecule has 1 aliphatic heterocycles. The lowest BCUT2D eigenvalue weighted by Gasteiger charge is -2.35. The highest BCUT2D eigenvalue weighted by molar-refractivity contribution is 7.89. The van der Waals surface area contributed by atoms with E-state index in [1.165, 1.54) is 12.1 Å². The molecule has 0 unspecified atom stereocenters. The summed E-state index contributed by atoms with van der Waals surface area (Å²) in [6.45, 7) is 0.719. The largest absolute Gasteiger partial charge is 0.464 e. The first-order chi connectivity index (χ1) is 8.03. The van der Waals surface area contributed by atoms with Gasteiger partial charge in [-0.2, -0.15) is 4.31 Å². The number of amides is 1. The molecule has 0 aromatic heterocycles. The zero-order chi connectivity index (χ0) is 12.5. The monoisotopic (exact) mass is 256 g/mol. The summed E-state index contributed by atoms with van der Waals surface area (Å²) in [5, 5.41) is 11.9. The molecule has 1 fully saturated rings. The molecule has 0 bridgehead atoms. The van der Waals surface area contributed by atoms with Gasteiger partial charge in [-0.1, -0.05) is 18.2 Å². The minimum absolute atomic E-state index is 0.00528. The van der Waals surface area contributed by atoms with E-state index in [9.17, 15) is 13.2 Å². The molecule has 92 valence electrons. The van der Waals surface area contributed by atoms with Gasteiger partial charge >= 0.3 is 6.09 Å². The second-order valence-electron chi connectivity index (χ2n) is 3.71. The zero-order valence-electron chi connectivity index (χ0n) is 8.91. The predicted molar refractivity (Wildman–Crippen MR) is 60.1 cm³/mol. The molecular formula is C10H12N2O4S. The van der Waals surface area contributed by atoms with Gasteiger partial charge in [0, 0.05) is 13.1 Å². The Kier molecular flexibility index (Phi) is 3.03. The van der Waals surface area contributed by atoms with Crippen LogP contribution in [0, 0.1) is 0 Å². The molecule has 1 aromatic rings. The van der Waals surface area contributed by atoms with Crippen molar-refractivity contribution in [1.82, 2.24) is 9.62 Å². The standard InChI is InChI=1S/C10H12N2O4S/c13-10(14)12(8-6-11-7-8)17(15,16)9-4-2-1-3-5-9/h1-5,8,11H,6-7H2,(H,13,14). The van der Waals surface area contributed by atoms with Gasteiger partial charge in [-0.05, 0) is 12.1 Å². The second-order valence-corrected chi connectivity index (χ2v) is 5.52. The van der Waals surface area contributed by atoms with E-state index < -0.39 is 22.2 Å². The van der Waals surface area contributed by atoms with Gasteiger partial charge in [0.25, 0.3) is 10.0 Å². The van der Waals surface area contributed by atoms with E-state index in [4.69, 9.17) is 5.11 Å². The molecule has 1 saturated heterocycles. The molecular weight excluding hydrogens is 244 g/mol. The molecule has 17 heavy (non-hydrogen) atoms. The Labute approximate surface area is 98.9 Å². The van der Waals surface area contributed by atoms with Crippen molar-refractivity contribution in [3.8, 4) is 0 Å². The van der Waals surface area contributed by atoms with Crippen LogP contribution in [0.2, 0.25) is 0 Å². The SMILES string of the molecule is O=C(O)N(C1CNC1)S(=O)(=O)c1ccccc1. The van der Waals surface area contributed by atoms with Crippen molar-refractivity contribution in [3.63, 3.8) is 0 Å². The maximum absolute atomic E-state index is 12.1. The van der Waals surface area contributed by atoms with Crippen LogP contribution < -0.4 is 5.32 Å². The smallest absolute Gasteiger partial charge is 0.421 e. The lowest BCUT2D eigenvalue weighted by atomic mass is 10.2. The molecule has 7 heteroatoms. The quantitative estimate of drug-likeness (QED) is 0.813. The normalized spacial score (nSPS) is 16.2. The highest BCUT2D eigenvalue weighted by atomic mass is 32.2. The molecule has 2 rings (SSSR count). The fourth-order valence-corrected chi connectivity index (χ4v) is 3.08. The summed E-state index contributed by atoms with van der Waals surface area (Å²) in [5.41, 5.74) is 0. The fourth-order valence-electron chi connectivity index (χ4n) is 1.60. The van der Waals surface area contributed by atoms with E-state index in [-0.39, 0.29) is 4.90 Å². The number of nitrogens with one attached hydrogen (secondary N) is 1. The molecule has 1 aromatic carbocycles. The average Bonchev–Trinajstić information content (AvgIpc) is 2.23. The van der Waals surface area contributed by atoms with E-state index >= 15 is 0 Å². The van der Waals surface area contributed by atoms with Crippen molar-refractivity contribution in [2.45, 2.75) is 10.9 Å². The average molecular weight is 256 g/mol. The summed E-state index contributed by atoms with van der Waals surface area (Å²) >= 11 is 0. The van der Waals surface area contributed by atoms with E-state index in [1.54, 1.807) is 18.2 Å². The Morgan fingerprint density at radius 2 is 1.88 bits per heavy atom. The Balaban J connectivity index is 2.38. The Morgan fingerprint density at radius 1 is 1.29 bits per heavy atom. The third-order valence-corrected chi connectivity index (χ3v) is 4.42. The number of benzene rings is 1. The van der Waals surface area contributed by atoms with Crippen LogP contribution >= 0.6 is 0 Å². The summed E-state index contributed by atoms with van der Waals surface area (Å²) in [6.07, 6.45) is -1.44. The Hall–Kier alpha value is -1.60. The predicted octanol–water partition coefficient (Wildman–Crippen LogP) is 0.327. The van der Waals surface area contributed by atoms with E-state index in [1.807, 2.05) is 0 Å². The van der Waals surface area contributed by atoms with Gasteiger partial charge in [0.1, 0.15) is 0 Å². The van der Waals surface area contributed by atoms with Crippen LogP contribution in [0.4, 0.5) is 4.79 Å². The summed E-state index contributed by atoms with van der Waals surface area (Å²) < 4.78 is 24.8. The highest BCUT2D eigenvalue weighted by Gasteiger charge is 2.38. The van der Waals surface area contributed by atoms with Gasteiger partial charge in [-0.3, -0.25) is 0 Å². The molecule has 1 heterocycles. The Morgan fingerprint density at radius 3 is 2.29 bits per heavy atom. The van der Waals surface area contributed by atoms with Gasteiger partial charge in [0.2, 0.25) is 0 Å². The van der Waals surface area contributed by atoms with E-state index in [0.717, 1.165) is 0 Å². The minimum Gasteiger partial charge on any atom is -0.464 e. The number of carbonyl (C=O) groups is 1. The fraction of sp³-hybridized carbons (Fsp3) is 0.300. The van der Waals surface area contributed by atoms with Crippen LogP contribution in [0.25, 0.3) is 0 Å². The topological polar surface area (TPSA) is 86.7 Å². The van der Waals surface area contributed by atoms with Crippen LogP contribution in [0.3, 0.4) is 0 Å². The van der Waals surface area contributed by atoms with Crippen LogP contribution in [0.15, 0.2) is 35.2 Å². The first kappa shape index (κ1) is 11.9. The Bertz CT molecular complexity index is 510. The van der Waals surface area contributed by atoms with E-state index in [2.05, 4.69) is 5.32 Å². The molecule has 0 saturated carbocycles. The number of hydrogen-bond acceptors (Lipinski definition) is 4. The van der Waals surface area contributed by atoms with Crippen molar-refractivity contribution in [1.29, 1.82) is 0 Å². The molecule has 1 aliphatic rings. The lowest BCUT2D eigenvalue weighted by molar-refractivity contribution is 0.148. The van der Waals surface area contributed by atoms with Gasteiger partial charge < -0.3 is 10.4 Å². The number of carboxylic acid groups (broad SMARTS) is 1. The maximum atomic E-state index is 12.1. The van der Waals surface area contributed by atoms with Gasteiger partial charge in [0.05, 0.1) is 10.9 Å². The lowest BCUT2D eigenvalue weighted by Crippen LogP contribution is -2.60. The van der Waals surface area contributed by atoms with Crippen molar-refractivity contribution < 1.29 is 18.3 Å². The van der Waals surface area contributed by atoms with Crippen molar-refractivity contribution in [3.05, 3.63) is 30.3 Å². The summed E-state index contributed by atoms with van der Waals surface area (Å²) in [5.74, 6) is 0. The summed E-state index contributed by atoms with van der Waals surface area (Å²) in [4.78, 5) is 11.1. The molecule has 1 amide bonds. The molecule has 2 N–H and O–H groups in total. The number of nitrogens with zero attached hydrogens (tertiary/aromatic N) is 1. The summed E-state index contributed by atoms with van der Waals surface area (Å²) in [6, 6.07) is 7.06. The number of hydrogen-bond donors (Lipinski definition) is 2.